The first-order valence-electron chi connectivity index (χ1n) is 4.99. The van der Waals surface area contributed by atoms with Crippen molar-refractivity contribution in [2.24, 2.45) is 0 Å². The van der Waals surface area contributed by atoms with Crippen molar-refractivity contribution in [1.29, 1.82) is 0 Å². The zero-order valence-electron chi connectivity index (χ0n) is 9.35. The van der Waals surface area contributed by atoms with Crippen LogP contribution in [0.15, 0.2) is 22.7 Å². The van der Waals surface area contributed by atoms with Crippen LogP contribution in [0.2, 0.25) is 0 Å². The van der Waals surface area contributed by atoms with E-state index in [9.17, 15) is 19.1 Å². The lowest BCUT2D eigenvalue weighted by molar-refractivity contribution is -0.141. The third-order valence-electron chi connectivity index (χ3n) is 2.21. The highest BCUT2D eigenvalue weighted by Crippen LogP contribution is 2.15. The molecule has 1 aromatic rings. The summed E-state index contributed by atoms with van der Waals surface area (Å²) >= 11 is 3.08. The number of rotatable bonds is 4. The number of carboxylic acids is 1. The second-order valence-electron chi connectivity index (χ2n) is 3.65. The van der Waals surface area contributed by atoms with E-state index < -0.39 is 29.8 Å². The molecule has 1 aromatic carbocycles. The molecule has 0 heterocycles. The first kappa shape index (κ1) is 14.6. The number of aliphatic hydroxyl groups is 1. The lowest BCUT2D eigenvalue weighted by Crippen LogP contribution is -2.47. The summed E-state index contributed by atoms with van der Waals surface area (Å²) in [5.41, 5.74) is -0.295. The summed E-state index contributed by atoms with van der Waals surface area (Å²) in [6.45, 7) is 1.22. The third kappa shape index (κ3) is 3.51. The number of carboxylic acid groups (broad SMARTS) is 1. The minimum Gasteiger partial charge on any atom is -0.480 e. The maximum Gasteiger partial charge on any atom is 0.328 e. The Kier molecular flexibility index (Phi) is 4.80. The summed E-state index contributed by atoms with van der Waals surface area (Å²) < 4.78 is 13.9. The van der Waals surface area contributed by atoms with Gasteiger partial charge in [0.15, 0.2) is 6.04 Å². The molecular weight excluding hydrogens is 309 g/mol. The van der Waals surface area contributed by atoms with Gasteiger partial charge in [-0.15, -0.1) is 0 Å². The molecule has 0 saturated carbocycles. The van der Waals surface area contributed by atoms with Gasteiger partial charge in [-0.2, -0.15) is 0 Å². The van der Waals surface area contributed by atoms with Crippen LogP contribution >= 0.6 is 15.9 Å². The molecule has 0 spiro atoms. The van der Waals surface area contributed by atoms with Crippen LogP contribution in [0.25, 0.3) is 0 Å². The highest BCUT2D eigenvalue weighted by molar-refractivity contribution is 9.10. The number of hydrogen-bond donors (Lipinski definition) is 3. The molecule has 0 saturated heterocycles. The molecule has 0 bridgehead atoms. The van der Waals surface area contributed by atoms with Gasteiger partial charge in [0.05, 0.1) is 11.7 Å². The van der Waals surface area contributed by atoms with Crippen LogP contribution in [0.4, 0.5) is 4.39 Å². The summed E-state index contributed by atoms with van der Waals surface area (Å²) in [4.78, 5) is 22.5. The zero-order valence-corrected chi connectivity index (χ0v) is 10.9. The van der Waals surface area contributed by atoms with Crippen molar-refractivity contribution in [3.8, 4) is 0 Å². The quantitative estimate of drug-likeness (QED) is 0.777. The van der Waals surface area contributed by atoms with Crippen molar-refractivity contribution in [1.82, 2.24) is 5.32 Å². The van der Waals surface area contributed by atoms with Crippen LogP contribution in [0, 0.1) is 5.82 Å². The van der Waals surface area contributed by atoms with E-state index in [-0.39, 0.29) is 5.56 Å². The van der Waals surface area contributed by atoms with Crippen LogP contribution < -0.4 is 5.32 Å². The van der Waals surface area contributed by atoms with E-state index in [1.807, 2.05) is 0 Å². The smallest absolute Gasteiger partial charge is 0.328 e. The molecule has 2 unspecified atom stereocenters. The SMILES string of the molecule is CC(O)C(NC(=O)c1cc(Br)ccc1F)C(=O)O. The second kappa shape index (κ2) is 5.92. The predicted octanol–water partition coefficient (Wildman–Crippen LogP) is 1.15. The molecule has 18 heavy (non-hydrogen) atoms. The highest BCUT2D eigenvalue weighted by Gasteiger charge is 2.26. The number of halogens is 2. The number of carbonyl (C=O) groups is 2. The van der Waals surface area contributed by atoms with Gasteiger partial charge in [-0.05, 0) is 25.1 Å². The molecule has 2 atom stereocenters. The molecule has 1 rings (SSSR count). The van der Waals surface area contributed by atoms with Gasteiger partial charge in [0, 0.05) is 4.47 Å². The summed E-state index contributed by atoms with van der Waals surface area (Å²) in [5.74, 6) is -3.07. The molecule has 1 amide bonds. The van der Waals surface area contributed by atoms with Gasteiger partial charge >= 0.3 is 5.97 Å². The van der Waals surface area contributed by atoms with Gasteiger partial charge in [-0.25, -0.2) is 9.18 Å². The fourth-order valence-electron chi connectivity index (χ4n) is 1.28. The van der Waals surface area contributed by atoms with E-state index in [0.29, 0.717) is 4.47 Å². The third-order valence-corrected chi connectivity index (χ3v) is 2.70. The van der Waals surface area contributed by atoms with Gasteiger partial charge in [0.2, 0.25) is 0 Å². The monoisotopic (exact) mass is 319 g/mol. The first-order chi connectivity index (χ1) is 8.32. The first-order valence-corrected chi connectivity index (χ1v) is 5.79. The summed E-state index contributed by atoms with van der Waals surface area (Å²) in [5, 5.41) is 20.0. The largest absolute Gasteiger partial charge is 0.480 e. The molecule has 0 aliphatic heterocycles. The molecule has 7 heteroatoms. The lowest BCUT2D eigenvalue weighted by atomic mass is 10.1. The Morgan fingerprint density at radius 2 is 2.06 bits per heavy atom. The topological polar surface area (TPSA) is 86.6 Å². The van der Waals surface area contributed by atoms with Crippen LogP contribution in [-0.2, 0) is 4.79 Å². The molecular formula is C11H11BrFNO4. The number of hydrogen-bond acceptors (Lipinski definition) is 3. The minimum atomic E-state index is -1.49. The summed E-state index contributed by atoms with van der Waals surface area (Å²) in [6.07, 6.45) is -1.29. The van der Waals surface area contributed by atoms with E-state index in [2.05, 4.69) is 21.2 Å². The van der Waals surface area contributed by atoms with Gasteiger partial charge in [0.25, 0.3) is 5.91 Å². The van der Waals surface area contributed by atoms with Gasteiger partial charge in [-0.3, -0.25) is 4.79 Å². The van der Waals surface area contributed by atoms with E-state index in [1.165, 1.54) is 19.1 Å². The van der Waals surface area contributed by atoms with Gasteiger partial charge in [-0.1, -0.05) is 15.9 Å². The maximum atomic E-state index is 13.4. The Hall–Kier alpha value is -1.47. The molecule has 98 valence electrons. The van der Waals surface area contributed by atoms with E-state index in [4.69, 9.17) is 5.11 Å². The fraction of sp³-hybridized carbons (Fsp3) is 0.273. The Labute approximate surface area is 111 Å². The molecule has 0 fully saturated rings. The molecule has 0 aliphatic rings. The minimum absolute atomic E-state index is 0.295. The number of amides is 1. The van der Waals surface area contributed by atoms with Crippen molar-refractivity contribution in [2.45, 2.75) is 19.1 Å². The Morgan fingerprint density at radius 3 is 2.56 bits per heavy atom. The van der Waals surface area contributed by atoms with Crippen molar-refractivity contribution in [3.63, 3.8) is 0 Å². The Bertz CT molecular complexity index is 478. The van der Waals surface area contributed by atoms with E-state index in [1.54, 1.807) is 0 Å². The molecule has 3 N–H and O–H groups in total. The Balaban J connectivity index is 2.94. The van der Waals surface area contributed by atoms with E-state index >= 15 is 0 Å². The number of carbonyl (C=O) groups excluding carboxylic acids is 1. The molecule has 0 aromatic heterocycles. The zero-order chi connectivity index (χ0) is 13.9. The standard InChI is InChI=1S/C11H11BrFNO4/c1-5(15)9(11(17)18)14-10(16)7-4-6(12)2-3-8(7)13/h2-5,9,15H,1H3,(H,14,16)(H,17,18). The number of aliphatic hydroxyl groups excluding tert-OH is 1. The van der Waals surface area contributed by atoms with Crippen LogP contribution in [0.1, 0.15) is 17.3 Å². The number of aliphatic carboxylic acids is 1. The maximum absolute atomic E-state index is 13.4. The fourth-order valence-corrected chi connectivity index (χ4v) is 1.64. The van der Waals surface area contributed by atoms with Crippen molar-refractivity contribution in [2.75, 3.05) is 0 Å². The number of nitrogens with one attached hydrogen (secondary N) is 1. The second-order valence-corrected chi connectivity index (χ2v) is 4.57. The highest BCUT2D eigenvalue weighted by atomic mass is 79.9. The summed E-state index contributed by atoms with van der Waals surface area (Å²) in [7, 11) is 0. The lowest BCUT2D eigenvalue weighted by Gasteiger charge is -2.17. The Morgan fingerprint density at radius 1 is 1.44 bits per heavy atom. The van der Waals surface area contributed by atoms with E-state index in [0.717, 1.165) is 6.07 Å². The van der Waals surface area contributed by atoms with Crippen molar-refractivity contribution in [3.05, 3.63) is 34.1 Å². The average Bonchev–Trinajstić information content (AvgIpc) is 2.28. The van der Waals surface area contributed by atoms with Crippen LogP contribution in [0.5, 0.6) is 0 Å². The van der Waals surface area contributed by atoms with Gasteiger partial charge in [0.1, 0.15) is 5.82 Å². The predicted molar refractivity (Wildman–Crippen MR) is 64.7 cm³/mol. The molecule has 0 aliphatic carbocycles. The van der Waals surface area contributed by atoms with Crippen molar-refractivity contribution >= 4 is 27.8 Å². The van der Waals surface area contributed by atoms with Crippen LogP contribution in [-0.4, -0.2) is 34.2 Å². The number of benzene rings is 1. The normalized spacial score (nSPS) is 13.8. The molecule has 5 nitrogen and oxygen atoms in total. The van der Waals surface area contributed by atoms with Crippen molar-refractivity contribution < 1.29 is 24.2 Å². The molecule has 0 radical (unpaired) electrons. The van der Waals surface area contributed by atoms with Crippen LogP contribution in [0.3, 0.4) is 0 Å². The van der Waals surface area contributed by atoms with Gasteiger partial charge < -0.3 is 15.5 Å². The summed E-state index contributed by atoms with van der Waals surface area (Å²) in [6, 6.07) is 2.23. The average molecular weight is 320 g/mol.